The fraction of sp³-hybridized carbons (Fsp3) is 0.500. The number of rotatable bonds is 2. The summed E-state index contributed by atoms with van der Waals surface area (Å²) in [5.41, 5.74) is -0.240. The van der Waals surface area contributed by atoms with E-state index in [1.54, 1.807) is 39.8 Å². The molecule has 4 nitrogen and oxygen atoms in total. The Morgan fingerprint density at radius 2 is 2.18 bits per heavy atom. The number of hydrogen-bond acceptors (Lipinski definition) is 3. The standard InChI is InChI=1S/C12H17FN2O2/c1-8(9-6-5-7-14-10(9)13)15-11(16)17-12(2,3)4/h5-8H,1-4H3,(H,15,16)/t8-/m1/s1. The van der Waals surface area contributed by atoms with Crippen LogP contribution in [0.2, 0.25) is 0 Å². The average Bonchev–Trinajstić information content (AvgIpc) is 2.14. The second kappa shape index (κ2) is 5.12. The van der Waals surface area contributed by atoms with Crippen molar-refractivity contribution < 1.29 is 13.9 Å². The highest BCUT2D eigenvalue weighted by Gasteiger charge is 2.19. The zero-order valence-corrected chi connectivity index (χ0v) is 10.5. The summed E-state index contributed by atoms with van der Waals surface area (Å²) >= 11 is 0. The third kappa shape index (κ3) is 4.38. The molecule has 1 atom stereocenters. The highest BCUT2D eigenvalue weighted by Crippen LogP contribution is 2.15. The molecule has 0 saturated heterocycles. The second-order valence-electron chi connectivity index (χ2n) is 4.75. The highest BCUT2D eigenvalue weighted by molar-refractivity contribution is 5.68. The molecule has 1 aromatic rings. The van der Waals surface area contributed by atoms with Crippen molar-refractivity contribution in [2.24, 2.45) is 0 Å². The number of hydrogen-bond donors (Lipinski definition) is 1. The van der Waals surface area contributed by atoms with Crippen molar-refractivity contribution in [1.29, 1.82) is 0 Å². The fourth-order valence-electron chi connectivity index (χ4n) is 1.28. The smallest absolute Gasteiger partial charge is 0.408 e. The number of nitrogens with zero attached hydrogens (tertiary/aromatic N) is 1. The van der Waals surface area contributed by atoms with Crippen LogP contribution in [0.5, 0.6) is 0 Å². The first-order valence-corrected chi connectivity index (χ1v) is 5.39. The summed E-state index contributed by atoms with van der Waals surface area (Å²) in [5.74, 6) is -0.587. The van der Waals surface area contributed by atoms with Crippen molar-refractivity contribution >= 4 is 6.09 Å². The van der Waals surface area contributed by atoms with Gasteiger partial charge in [0.1, 0.15) is 5.60 Å². The van der Waals surface area contributed by atoms with E-state index in [-0.39, 0.29) is 0 Å². The maximum Gasteiger partial charge on any atom is 0.408 e. The maximum atomic E-state index is 13.3. The maximum absolute atomic E-state index is 13.3. The molecular weight excluding hydrogens is 223 g/mol. The van der Waals surface area contributed by atoms with Crippen LogP contribution in [0.15, 0.2) is 18.3 Å². The van der Waals surface area contributed by atoms with E-state index in [0.717, 1.165) is 0 Å². The van der Waals surface area contributed by atoms with E-state index in [1.165, 1.54) is 6.20 Å². The molecule has 1 aromatic heterocycles. The molecule has 0 radical (unpaired) electrons. The summed E-state index contributed by atoms with van der Waals surface area (Å²) in [7, 11) is 0. The van der Waals surface area contributed by atoms with Gasteiger partial charge in [-0.1, -0.05) is 6.07 Å². The van der Waals surface area contributed by atoms with Gasteiger partial charge < -0.3 is 10.1 Å². The molecule has 5 heteroatoms. The van der Waals surface area contributed by atoms with Crippen LogP contribution in [0.25, 0.3) is 0 Å². The molecule has 1 rings (SSSR count). The molecule has 0 aliphatic carbocycles. The number of carbonyl (C=O) groups is 1. The first-order valence-electron chi connectivity index (χ1n) is 5.39. The molecule has 0 aromatic carbocycles. The number of alkyl carbamates (subject to hydrolysis) is 1. The lowest BCUT2D eigenvalue weighted by molar-refractivity contribution is 0.0507. The second-order valence-corrected chi connectivity index (χ2v) is 4.75. The number of halogens is 1. The minimum atomic E-state index is -0.587. The Morgan fingerprint density at radius 3 is 2.71 bits per heavy atom. The van der Waals surface area contributed by atoms with Gasteiger partial charge in [0, 0.05) is 11.8 Å². The predicted octanol–water partition coefficient (Wildman–Crippen LogP) is 2.81. The van der Waals surface area contributed by atoms with E-state index < -0.39 is 23.7 Å². The monoisotopic (exact) mass is 240 g/mol. The lowest BCUT2D eigenvalue weighted by Crippen LogP contribution is -2.34. The van der Waals surface area contributed by atoms with E-state index in [1.807, 2.05) is 0 Å². The fourth-order valence-corrected chi connectivity index (χ4v) is 1.28. The van der Waals surface area contributed by atoms with Crippen molar-refractivity contribution in [3.05, 3.63) is 29.8 Å². The molecule has 0 bridgehead atoms. The Morgan fingerprint density at radius 1 is 1.53 bits per heavy atom. The highest BCUT2D eigenvalue weighted by atomic mass is 19.1. The third-order valence-corrected chi connectivity index (χ3v) is 1.99. The van der Waals surface area contributed by atoms with Gasteiger partial charge in [-0.25, -0.2) is 9.78 Å². The molecule has 0 fully saturated rings. The molecule has 0 aliphatic rings. The molecule has 0 saturated carbocycles. The number of amides is 1. The number of pyridine rings is 1. The quantitative estimate of drug-likeness (QED) is 0.809. The summed E-state index contributed by atoms with van der Waals surface area (Å²) < 4.78 is 18.4. The molecule has 0 aliphatic heterocycles. The number of aromatic nitrogens is 1. The summed E-state index contributed by atoms with van der Waals surface area (Å²) in [5, 5.41) is 2.55. The normalized spacial score (nSPS) is 13.0. The van der Waals surface area contributed by atoms with Gasteiger partial charge in [-0.15, -0.1) is 0 Å². The van der Waals surface area contributed by atoms with E-state index in [4.69, 9.17) is 4.74 Å². The Bertz CT molecular complexity index is 402. The Balaban J connectivity index is 2.64. The molecule has 0 spiro atoms. The summed E-state index contributed by atoms with van der Waals surface area (Å²) in [4.78, 5) is 15.0. The Labute approximate surface area is 100 Å². The van der Waals surface area contributed by atoms with E-state index in [2.05, 4.69) is 10.3 Å². The SMILES string of the molecule is C[C@@H](NC(=O)OC(C)(C)C)c1cccnc1F. The van der Waals surface area contributed by atoms with Crippen LogP contribution < -0.4 is 5.32 Å². The van der Waals surface area contributed by atoms with Crippen LogP contribution in [0.3, 0.4) is 0 Å². The molecule has 1 amide bonds. The van der Waals surface area contributed by atoms with Gasteiger partial charge in [0.05, 0.1) is 6.04 Å². The van der Waals surface area contributed by atoms with Gasteiger partial charge in [0.15, 0.2) is 0 Å². The third-order valence-electron chi connectivity index (χ3n) is 1.99. The molecule has 0 unspecified atom stereocenters. The minimum absolute atomic E-state index is 0.332. The zero-order valence-electron chi connectivity index (χ0n) is 10.5. The lowest BCUT2D eigenvalue weighted by Gasteiger charge is -2.22. The molecule has 1 heterocycles. The summed E-state index contributed by atoms with van der Waals surface area (Å²) in [6.45, 7) is 6.97. The summed E-state index contributed by atoms with van der Waals surface area (Å²) in [6, 6.07) is 2.70. The van der Waals surface area contributed by atoms with Crippen molar-refractivity contribution in [2.45, 2.75) is 39.3 Å². The van der Waals surface area contributed by atoms with Crippen LogP contribution in [-0.2, 0) is 4.74 Å². The first-order chi connectivity index (χ1) is 7.79. The number of carbonyl (C=O) groups excluding carboxylic acids is 1. The summed E-state index contributed by atoms with van der Waals surface area (Å²) in [6.07, 6.45) is 0.784. The van der Waals surface area contributed by atoms with Gasteiger partial charge >= 0.3 is 6.09 Å². The average molecular weight is 240 g/mol. The van der Waals surface area contributed by atoms with Crippen LogP contribution in [0, 0.1) is 5.95 Å². The van der Waals surface area contributed by atoms with Crippen molar-refractivity contribution in [3.8, 4) is 0 Å². The van der Waals surface area contributed by atoms with Gasteiger partial charge in [-0.2, -0.15) is 4.39 Å². The molecule has 1 N–H and O–H groups in total. The van der Waals surface area contributed by atoms with Crippen molar-refractivity contribution in [1.82, 2.24) is 10.3 Å². The lowest BCUT2D eigenvalue weighted by atomic mass is 10.1. The van der Waals surface area contributed by atoms with E-state index >= 15 is 0 Å². The largest absolute Gasteiger partial charge is 0.444 e. The molecular formula is C12H17FN2O2. The van der Waals surface area contributed by atoms with Gasteiger partial charge in [-0.3, -0.25) is 0 Å². The molecule has 94 valence electrons. The van der Waals surface area contributed by atoms with Crippen LogP contribution in [0.1, 0.15) is 39.3 Å². The zero-order chi connectivity index (χ0) is 13.1. The topological polar surface area (TPSA) is 51.2 Å². The predicted molar refractivity (Wildman–Crippen MR) is 62.0 cm³/mol. The van der Waals surface area contributed by atoms with E-state index in [9.17, 15) is 9.18 Å². The van der Waals surface area contributed by atoms with Crippen LogP contribution >= 0.6 is 0 Å². The van der Waals surface area contributed by atoms with Crippen molar-refractivity contribution in [3.63, 3.8) is 0 Å². The van der Waals surface area contributed by atoms with Crippen molar-refractivity contribution in [2.75, 3.05) is 0 Å². The first kappa shape index (κ1) is 13.4. The van der Waals surface area contributed by atoms with Gasteiger partial charge in [-0.05, 0) is 33.8 Å². The van der Waals surface area contributed by atoms with Gasteiger partial charge in [0.2, 0.25) is 5.95 Å². The van der Waals surface area contributed by atoms with Crippen LogP contribution in [-0.4, -0.2) is 16.7 Å². The van der Waals surface area contributed by atoms with Gasteiger partial charge in [0.25, 0.3) is 0 Å². The molecule has 17 heavy (non-hydrogen) atoms. The Kier molecular flexibility index (Phi) is 4.04. The van der Waals surface area contributed by atoms with E-state index in [0.29, 0.717) is 5.56 Å². The number of nitrogens with one attached hydrogen (secondary N) is 1. The van der Waals surface area contributed by atoms with Crippen LogP contribution in [0.4, 0.5) is 9.18 Å². The minimum Gasteiger partial charge on any atom is -0.444 e. The Hall–Kier alpha value is -1.65. The number of ether oxygens (including phenoxy) is 1.